The number of nitrogens with one attached hydrogen (secondary N) is 1. The van der Waals surface area contributed by atoms with Crippen LogP contribution in [0.15, 0.2) is 12.3 Å². The number of rotatable bonds is 4. The van der Waals surface area contributed by atoms with Gasteiger partial charge in [0.15, 0.2) is 0 Å². The van der Waals surface area contributed by atoms with Gasteiger partial charge in [0.25, 0.3) is 0 Å². The molecule has 2 fully saturated rings. The summed E-state index contributed by atoms with van der Waals surface area (Å²) in [6.07, 6.45) is -3.04. The number of alkyl carbamates (subject to hydrolysis) is 1. The van der Waals surface area contributed by atoms with E-state index in [4.69, 9.17) is 9.47 Å². The van der Waals surface area contributed by atoms with Crippen molar-refractivity contribution in [2.45, 2.75) is 64.4 Å². The maximum Gasteiger partial charge on any atom is 0.417 e. The lowest BCUT2D eigenvalue weighted by Crippen LogP contribution is -2.49. The minimum Gasteiger partial charge on any atom is -0.468 e. The van der Waals surface area contributed by atoms with Gasteiger partial charge in [-0.15, -0.1) is 0 Å². The van der Waals surface area contributed by atoms with Crippen LogP contribution in [-0.2, 0) is 38.2 Å². The van der Waals surface area contributed by atoms with E-state index in [1.165, 1.54) is 7.11 Å². The van der Waals surface area contributed by atoms with Crippen molar-refractivity contribution >= 4 is 18.0 Å². The Morgan fingerprint density at radius 1 is 1.24 bits per heavy atom. The average Bonchev–Trinajstić information content (AvgIpc) is 3.29. The summed E-state index contributed by atoms with van der Waals surface area (Å²) in [5.41, 5.74) is -1.47. The normalized spacial score (nSPS) is 25.9. The molecule has 1 saturated heterocycles. The van der Waals surface area contributed by atoms with Crippen molar-refractivity contribution in [2.75, 3.05) is 33.3 Å². The van der Waals surface area contributed by atoms with Crippen molar-refractivity contribution in [2.24, 2.45) is 11.3 Å². The summed E-state index contributed by atoms with van der Waals surface area (Å²) in [7, 11) is 1.30. The molecule has 2 aliphatic heterocycles. The zero-order chi connectivity index (χ0) is 27.2. The zero-order valence-electron chi connectivity index (χ0n) is 21.5. The third kappa shape index (κ3) is 5.83. The highest BCUT2D eigenvalue weighted by Crippen LogP contribution is 2.50. The van der Waals surface area contributed by atoms with Crippen LogP contribution < -0.4 is 5.32 Å². The molecule has 0 unspecified atom stereocenters. The summed E-state index contributed by atoms with van der Waals surface area (Å²) in [4.78, 5) is 45.8. The molecular weight excluding hydrogens is 493 g/mol. The fourth-order valence-electron chi connectivity index (χ4n) is 5.83. The number of carbonyl (C=O) groups excluding carboxylic acids is 3. The summed E-state index contributed by atoms with van der Waals surface area (Å²) in [5.74, 6) is -0.740. The van der Waals surface area contributed by atoms with Gasteiger partial charge in [-0.3, -0.25) is 19.5 Å². The number of esters is 1. The first kappa shape index (κ1) is 27.2. The Balaban J connectivity index is 1.55. The molecule has 1 saturated carbocycles. The number of nitrogens with zero attached hydrogens (tertiary/aromatic N) is 3. The monoisotopic (exact) mass is 526 g/mol. The highest BCUT2D eigenvalue weighted by Gasteiger charge is 2.59. The molecule has 3 heterocycles. The van der Waals surface area contributed by atoms with Crippen molar-refractivity contribution < 1.29 is 37.0 Å². The number of amides is 2. The summed E-state index contributed by atoms with van der Waals surface area (Å²) in [5, 5.41) is 2.88. The molecule has 2 amide bonds. The Labute approximate surface area is 213 Å². The molecule has 204 valence electrons. The average molecular weight is 527 g/mol. The number of hydrogen-bond donors (Lipinski definition) is 1. The molecule has 37 heavy (non-hydrogen) atoms. The molecule has 1 aromatic rings. The SMILES string of the molecule is COC(=O)CN1C[C@@H]2C[C@@H](NC(=O)OC(C)(C)C)C[C@]2(C(=O)N2CCc3ncc(C(F)(F)F)cc3C2)C1. The predicted molar refractivity (Wildman–Crippen MR) is 125 cm³/mol. The number of carbonyl (C=O) groups is 3. The van der Waals surface area contributed by atoms with Gasteiger partial charge in [0, 0.05) is 50.5 Å². The first-order valence-electron chi connectivity index (χ1n) is 12.3. The summed E-state index contributed by atoms with van der Waals surface area (Å²) < 4.78 is 49.9. The van der Waals surface area contributed by atoms with Crippen molar-refractivity contribution in [1.82, 2.24) is 20.1 Å². The molecule has 1 aromatic heterocycles. The summed E-state index contributed by atoms with van der Waals surface area (Å²) in [6.45, 7) is 6.45. The van der Waals surface area contributed by atoms with E-state index in [9.17, 15) is 27.6 Å². The minimum atomic E-state index is -4.52. The van der Waals surface area contributed by atoms with E-state index in [1.807, 2.05) is 4.90 Å². The Morgan fingerprint density at radius 3 is 2.62 bits per heavy atom. The lowest BCUT2D eigenvalue weighted by atomic mass is 9.78. The van der Waals surface area contributed by atoms with E-state index in [0.29, 0.717) is 50.2 Å². The van der Waals surface area contributed by atoms with E-state index in [0.717, 1.165) is 12.3 Å². The molecule has 1 N–H and O–H groups in total. The third-order valence-electron chi connectivity index (χ3n) is 7.33. The van der Waals surface area contributed by atoms with Crippen LogP contribution in [0.25, 0.3) is 0 Å². The molecule has 3 atom stereocenters. The van der Waals surface area contributed by atoms with Crippen LogP contribution in [0, 0.1) is 11.3 Å². The van der Waals surface area contributed by atoms with Crippen LogP contribution >= 0.6 is 0 Å². The number of pyridine rings is 1. The molecular formula is C25H33F3N4O5. The Kier molecular flexibility index (Phi) is 7.17. The highest BCUT2D eigenvalue weighted by atomic mass is 19.4. The summed E-state index contributed by atoms with van der Waals surface area (Å²) >= 11 is 0. The zero-order valence-corrected chi connectivity index (χ0v) is 21.5. The third-order valence-corrected chi connectivity index (χ3v) is 7.33. The van der Waals surface area contributed by atoms with Gasteiger partial charge in [-0.2, -0.15) is 13.2 Å². The standard InChI is InChI=1S/C25H33F3N4O5/c1-23(2,3)37-22(35)30-18-8-17-12-31(13-20(33)36-4)14-24(17,9-18)21(34)32-6-5-19-15(11-32)7-16(10-29-19)25(26,27)28/h7,10,17-18H,5-6,8-9,11-14H2,1-4H3,(H,30,35)/t17-,18+,24-/m0/s1. The van der Waals surface area contributed by atoms with Gasteiger partial charge >= 0.3 is 18.2 Å². The Bertz CT molecular complexity index is 1070. The van der Waals surface area contributed by atoms with Gasteiger partial charge in [0.05, 0.1) is 24.6 Å². The van der Waals surface area contributed by atoms with E-state index in [2.05, 4.69) is 10.3 Å². The minimum absolute atomic E-state index is 0.0285. The maximum atomic E-state index is 14.1. The quantitative estimate of drug-likeness (QED) is 0.602. The van der Waals surface area contributed by atoms with Crippen LogP contribution in [0.2, 0.25) is 0 Å². The Hall–Kier alpha value is -2.89. The number of hydrogen-bond acceptors (Lipinski definition) is 7. The van der Waals surface area contributed by atoms with Gasteiger partial charge in [-0.05, 0) is 51.2 Å². The van der Waals surface area contributed by atoms with E-state index in [1.54, 1.807) is 25.7 Å². The van der Waals surface area contributed by atoms with Gasteiger partial charge in [0.2, 0.25) is 5.91 Å². The van der Waals surface area contributed by atoms with Crippen LogP contribution in [0.3, 0.4) is 0 Å². The number of alkyl halides is 3. The number of aromatic nitrogens is 1. The fraction of sp³-hybridized carbons (Fsp3) is 0.680. The smallest absolute Gasteiger partial charge is 0.417 e. The molecule has 9 nitrogen and oxygen atoms in total. The second-order valence-electron chi connectivity index (χ2n) is 11.2. The molecule has 0 aromatic carbocycles. The van der Waals surface area contributed by atoms with Crippen LogP contribution in [-0.4, -0.2) is 77.7 Å². The number of fused-ring (bicyclic) bond motifs is 2. The molecule has 0 bridgehead atoms. The van der Waals surface area contributed by atoms with Gasteiger partial charge in [-0.25, -0.2) is 4.79 Å². The van der Waals surface area contributed by atoms with Gasteiger partial charge in [0.1, 0.15) is 5.60 Å². The van der Waals surface area contributed by atoms with E-state index in [-0.39, 0.29) is 31.0 Å². The number of ether oxygens (including phenoxy) is 2. The number of methoxy groups -OCH3 is 1. The first-order chi connectivity index (χ1) is 17.2. The fourth-order valence-corrected chi connectivity index (χ4v) is 5.83. The van der Waals surface area contributed by atoms with Gasteiger partial charge in [-0.1, -0.05) is 0 Å². The van der Waals surface area contributed by atoms with Crippen molar-refractivity contribution in [3.63, 3.8) is 0 Å². The molecule has 4 rings (SSSR count). The van der Waals surface area contributed by atoms with Crippen molar-refractivity contribution in [1.29, 1.82) is 0 Å². The molecule has 0 spiro atoms. The molecule has 1 aliphatic carbocycles. The van der Waals surface area contributed by atoms with Crippen molar-refractivity contribution in [3.8, 4) is 0 Å². The second kappa shape index (κ2) is 9.77. The predicted octanol–water partition coefficient (Wildman–Crippen LogP) is 2.76. The van der Waals surface area contributed by atoms with E-state index >= 15 is 0 Å². The van der Waals surface area contributed by atoms with Crippen LogP contribution in [0.1, 0.15) is 50.4 Å². The van der Waals surface area contributed by atoms with Crippen LogP contribution in [0.5, 0.6) is 0 Å². The lowest BCUT2D eigenvalue weighted by molar-refractivity contribution is -0.145. The molecule has 12 heteroatoms. The Morgan fingerprint density at radius 2 is 1.97 bits per heavy atom. The highest BCUT2D eigenvalue weighted by molar-refractivity contribution is 5.85. The second-order valence-corrected chi connectivity index (χ2v) is 11.2. The largest absolute Gasteiger partial charge is 0.468 e. The first-order valence-corrected chi connectivity index (χ1v) is 12.3. The lowest BCUT2D eigenvalue weighted by Gasteiger charge is -2.37. The molecule has 3 aliphatic rings. The topological polar surface area (TPSA) is 101 Å². The summed E-state index contributed by atoms with van der Waals surface area (Å²) in [6, 6.07) is 0.760. The number of halogens is 3. The van der Waals surface area contributed by atoms with Crippen LogP contribution in [0.4, 0.5) is 18.0 Å². The van der Waals surface area contributed by atoms with Gasteiger partial charge < -0.3 is 19.7 Å². The van der Waals surface area contributed by atoms with Crippen molar-refractivity contribution in [3.05, 3.63) is 29.1 Å². The number of likely N-dealkylation sites (tertiary alicyclic amines) is 1. The maximum absolute atomic E-state index is 14.1. The van der Waals surface area contributed by atoms with E-state index < -0.39 is 34.8 Å². The molecule has 0 radical (unpaired) electrons.